The highest BCUT2D eigenvalue weighted by Crippen LogP contribution is 2.33. The number of para-hydroxylation sites is 1. The Labute approximate surface area is 108 Å². The van der Waals surface area contributed by atoms with Gasteiger partial charge in [0, 0.05) is 12.7 Å². The van der Waals surface area contributed by atoms with Crippen LogP contribution in [0.25, 0.3) is 0 Å². The zero-order valence-corrected chi connectivity index (χ0v) is 10.7. The first-order valence-corrected chi connectivity index (χ1v) is 5.84. The summed E-state index contributed by atoms with van der Waals surface area (Å²) in [6.07, 6.45) is -0.158. The summed E-state index contributed by atoms with van der Waals surface area (Å²) in [4.78, 5) is 0. The molecule has 2 aromatic rings. The lowest BCUT2D eigenvalue weighted by Gasteiger charge is -2.20. The average Bonchev–Trinajstić information content (AvgIpc) is 2.42. The highest BCUT2D eigenvalue weighted by Gasteiger charge is 2.18. The molecule has 1 atom stereocenters. The predicted octanol–water partition coefficient (Wildman–Crippen LogP) is 3.61. The minimum absolute atomic E-state index is 0.158. The molecule has 93 valence electrons. The van der Waals surface area contributed by atoms with Gasteiger partial charge in [-0.1, -0.05) is 42.5 Å². The van der Waals surface area contributed by atoms with E-state index in [9.17, 15) is 0 Å². The summed E-state index contributed by atoms with van der Waals surface area (Å²) in [5, 5.41) is 0. The maximum Gasteiger partial charge on any atom is 0.125 e. The highest BCUT2D eigenvalue weighted by molar-refractivity contribution is 5.43. The first-order chi connectivity index (χ1) is 8.77. The molecule has 0 saturated heterocycles. The van der Waals surface area contributed by atoms with Gasteiger partial charge in [0.2, 0.25) is 0 Å². The second-order valence-corrected chi connectivity index (χ2v) is 4.06. The zero-order valence-electron chi connectivity index (χ0n) is 10.7. The Balaban J connectivity index is 2.49. The van der Waals surface area contributed by atoms with E-state index in [1.807, 2.05) is 48.5 Å². The minimum atomic E-state index is -0.158. The minimum Gasteiger partial charge on any atom is -0.496 e. The molecule has 2 rings (SSSR count). The van der Waals surface area contributed by atoms with E-state index in [1.165, 1.54) is 0 Å². The first-order valence-electron chi connectivity index (χ1n) is 5.84. The topological polar surface area (TPSA) is 18.5 Å². The van der Waals surface area contributed by atoms with Gasteiger partial charge in [-0.25, -0.2) is 0 Å². The van der Waals surface area contributed by atoms with Gasteiger partial charge in [-0.05, 0) is 24.1 Å². The summed E-state index contributed by atoms with van der Waals surface area (Å²) >= 11 is 0. The third-order valence-electron chi connectivity index (χ3n) is 2.99. The van der Waals surface area contributed by atoms with Crippen LogP contribution in [-0.4, -0.2) is 14.2 Å². The fraction of sp³-hybridized carbons (Fsp3) is 0.188. The lowest BCUT2D eigenvalue weighted by atomic mass is 9.97. The lowest BCUT2D eigenvalue weighted by Crippen LogP contribution is -2.07. The molecule has 0 N–H and O–H groups in total. The quantitative estimate of drug-likeness (QED) is 0.814. The van der Waals surface area contributed by atoms with Crippen LogP contribution in [0.1, 0.15) is 22.8 Å². The number of hydrogen-bond acceptors (Lipinski definition) is 2. The summed E-state index contributed by atoms with van der Waals surface area (Å²) in [7, 11) is 3.37. The fourth-order valence-corrected chi connectivity index (χ4v) is 2.09. The van der Waals surface area contributed by atoms with E-state index in [0.717, 1.165) is 22.4 Å². The van der Waals surface area contributed by atoms with E-state index in [0.29, 0.717) is 0 Å². The van der Waals surface area contributed by atoms with Crippen LogP contribution < -0.4 is 4.74 Å². The molecule has 0 aliphatic rings. The standard InChI is InChI=1S/C16H17O2/c1-12-8-4-5-9-13(12)16(18-3)14-10-6-7-11-15(14)17-2/h4-11,16H,1H2,2-3H3. The molecule has 0 spiro atoms. The van der Waals surface area contributed by atoms with Crippen LogP contribution in [0.2, 0.25) is 0 Å². The van der Waals surface area contributed by atoms with Gasteiger partial charge in [0.15, 0.2) is 0 Å². The van der Waals surface area contributed by atoms with E-state index >= 15 is 0 Å². The zero-order chi connectivity index (χ0) is 13.0. The maximum atomic E-state index is 5.63. The molecule has 0 amide bonds. The molecule has 2 heteroatoms. The predicted molar refractivity (Wildman–Crippen MR) is 72.7 cm³/mol. The lowest BCUT2D eigenvalue weighted by molar-refractivity contribution is 0.133. The van der Waals surface area contributed by atoms with Crippen molar-refractivity contribution in [3.8, 4) is 5.75 Å². The second-order valence-electron chi connectivity index (χ2n) is 4.06. The summed E-state index contributed by atoms with van der Waals surface area (Å²) in [6.45, 7) is 4.05. The van der Waals surface area contributed by atoms with Crippen molar-refractivity contribution in [2.75, 3.05) is 14.2 Å². The Hall–Kier alpha value is -1.80. The molecule has 0 bridgehead atoms. The molecule has 0 fully saturated rings. The number of methoxy groups -OCH3 is 2. The van der Waals surface area contributed by atoms with Gasteiger partial charge in [-0.3, -0.25) is 0 Å². The maximum absolute atomic E-state index is 5.63. The van der Waals surface area contributed by atoms with Gasteiger partial charge in [0.25, 0.3) is 0 Å². The number of ether oxygens (including phenoxy) is 2. The van der Waals surface area contributed by atoms with Crippen LogP contribution in [0.15, 0.2) is 48.5 Å². The number of benzene rings is 2. The SMILES string of the molecule is [CH2]c1ccccc1C(OC)c1ccccc1OC. The van der Waals surface area contributed by atoms with Crippen LogP contribution in [-0.2, 0) is 4.74 Å². The third-order valence-corrected chi connectivity index (χ3v) is 2.99. The summed E-state index contributed by atoms with van der Waals surface area (Å²) in [5.74, 6) is 0.826. The number of hydrogen-bond donors (Lipinski definition) is 0. The number of rotatable bonds is 4. The van der Waals surface area contributed by atoms with Crippen LogP contribution >= 0.6 is 0 Å². The van der Waals surface area contributed by atoms with Crippen molar-refractivity contribution in [2.45, 2.75) is 6.10 Å². The molecule has 1 radical (unpaired) electrons. The van der Waals surface area contributed by atoms with E-state index < -0.39 is 0 Å². The van der Waals surface area contributed by atoms with Crippen LogP contribution in [0.4, 0.5) is 0 Å². The molecule has 0 heterocycles. The van der Waals surface area contributed by atoms with Crippen LogP contribution in [0.5, 0.6) is 5.75 Å². The summed E-state index contributed by atoms with van der Waals surface area (Å²) in [5.41, 5.74) is 3.04. The average molecular weight is 241 g/mol. The van der Waals surface area contributed by atoms with Crippen molar-refractivity contribution < 1.29 is 9.47 Å². The molecule has 1 unspecified atom stereocenters. The molecular formula is C16H17O2. The third kappa shape index (κ3) is 2.39. The largest absolute Gasteiger partial charge is 0.496 e. The van der Waals surface area contributed by atoms with E-state index in [-0.39, 0.29) is 6.10 Å². The van der Waals surface area contributed by atoms with Crippen molar-refractivity contribution in [2.24, 2.45) is 0 Å². The molecular weight excluding hydrogens is 224 g/mol. The Bertz CT molecular complexity index is 520. The Kier molecular flexibility index (Phi) is 4.00. The van der Waals surface area contributed by atoms with Gasteiger partial charge in [-0.15, -0.1) is 0 Å². The van der Waals surface area contributed by atoms with Crippen LogP contribution in [0, 0.1) is 6.92 Å². The van der Waals surface area contributed by atoms with Crippen molar-refractivity contribution in [3.63, 3.8) is 0 Å². The van der Waals surface area contributed by atoms with E-state index in [4.69, 9.17) is 9.47 Å². The summed E-state index contributed by atoms with van der Waals surface area (Å²) in [6, 6.07) is 15.9. The van der Waals surface area contributed by atoms with Gasteiger partial charge < -0.3 is 9.47 Å². The monoisotopic (exact) mass is 241 g/mol. The smallest absolute Gasteiger partial charge is 0.125 e. The molecule has 18 heavy (non-hydrogen) atoms. The van der Waals surface area contributed by atoms with Gasteiger partial charge in [0.1, 0.15) is 11.9 Å². The van der Waals surface area contributed by atoms with Crippen molar-refractivity contribution >= 4 is 0 Å². The van der Waals surface area contributed by atoms with E-state index in [1.54, 1.807) is 14.2 Å². The summed E-state index contributed by atoms with van der Waals surface area (Å²) < 4.78 is 11.0. The molecule has 0 aromatic heterocycles. The Morgan fingerprint density at radius 3 is 2.11 bits per heavy atom. The van der Waals surface area contributed by atoms with Gasteiger partial charge >= 0.3 is 0 Å². The van der Waals surface area contributed by atoms with Crippen molar-refractivity contribution in [1.29, 1.82) is 0 Å². The Morgan fingerprint density at radius 1 is 0.889 bits per heavy atom. The molecule has 0 aliphatic heterocycles. The van der Waals surface area contributed by atoms with Crippen molar-refractivity contribution in [3.05, 3.63) is 72.1 Å². The van der Waals surface area contributed by atoms with Crippen molar-refractivity contribution in [1.82, 2.24) is 0 Å². The normalized spacial score (nSPS) is 12.2. The molecule has 2 nitrogen and oxygen atoms in total. The van der Waals surface area contributed by atoms with Gasteiger partial charge in [-0.2, -0.15) is 0 Å². The second kappa shape index (κ2) is 5.69. The first kappa shape index (κ1) is 12.7. The molecule has 2 aromatic carbocycles. The fourth-order valence-electron chi connectivity index (χ4n) is 2.09. The molecule has 0 saturated carbocycles. The highest BCUT2D eigenvalue weighted by atomic mass is 16.5. The van der Waals surface area contributed by atoms with E-state index in [2.05, 4.69) is 6.92 Å². The molecule has 0 aliphatic carbocycles. The Morgan fingerprint density at radius 2 is 1.50 bits per heavy atom. The van der Waals surface area contributed by atoms with Gasteiger partial charge in [0.05, 0.1) is 7.11 Å². The van der Waals surface area contributed by atoms with Crippen LogP contribution in [0.3, 0.4) is 0 Å².